The van der Waals surface area contributed by atoms with Crippen LogP contribution in [0.1, 0.15) is 30.5 Å². The molecule has 0 fully saturated rings. The fourth-order valence-electron chi connectivity index (χ4n) is 2.11. The first-order valence-corrected chi connectivity index (χ1v) is 6.93. The first-order chi connectivity index (χ1) is 9.92. The zero-order chi connectivity index (χ0) is 15.5. The predicted molar refractivity (Wildman–Crippen MR) is 83.5 cm³/mol. The van der Waals surface area contributed by atoms with E-state index in [1.165, 1.54) is 6.07 Å². The highest BCUT2D eigenvalue weighted by atomic mass is 19.1. The summed E-state index contributed by atoms with van der Waals surface area (Å²) in [5, 5.41) is 12.3. The average Bonchev–Trinajstić information content (AvgIpc) is 2.48. The highest BCUT2D eigenvalue weighted by Gasteiger charge is 2.19. The summed E-state index contributed by atoms with van der Waals surface area (Å²) in [6.07, 6.45) is 0. The molecule has 2 rings (SSSR count). The Morgan fingerprint density at radius 1 is 1.14 bits per heavy atom. The molecule has 2 nitrogen and oxygen atoms in total. The van der Waals surface area contributed by atoms with E-state index in [1.54, 1.807) is 6.07 Å². The van der Waals surface area contributed by atoms with Gasteiger partial charge in [0.05, 0.1) is 11.5 Å². The largest absolute Gasteiger partial charge is 0.381 e. The fraction of sp³-hybridized carbons (Fsp3) is 0.278. The van der Waals surface area contributed by atoms with Crippen LogP contribution in [-0.4, -0.2) is 0 Å². The monoisotopic (exact) mass is 282 g/mol. The minimum Gasteiger partial charge on any atom is -0.381 e. The van der Waals surface area contributed by atoms with E-state index in [9.17, 15) is 4.39 Å². The van der Waals surface area contributed by atoms with Gasteiger partial charge in [-0.3, -0.25) is 0 Å². The van der Waals surface area contributed by atoms with Crippen molar-refractivity contribution in [3.8, 4) is 6.07 Å². The number of rotatable bonds is 4. The summed E-state index contributed by atoms with van der Waals surface area (Å²) in [5.41, 5.74) is 3.07. The van der Waals surface area contributed by atoms with Crippen LogP contribution >= 0.6 is 0 Å². The third-order valence-electron chi connectivity index (χ3n) is 3.57. The molecule has 0 aliphatic carbocycles. The molecule has 0 saturated carbocycles. The van der Waals surface area contributed by atoms with Gasteiger partial charge in [-0.1, -0.05) is 29.8 Å². The Morgan fingerprint density at radius 2 is 1.81 bits per heavy atom. The third-order valence-corrected chi connectivity index (χ3v) is 3.57. The number of aryl methyl sites for hydroxylation is 1. The van der Waals surface area contributed by atoms with Crippen molar-refractivity contribution in [2.24, 2.45) is 0 Å². The fourth-order valence-corrected chi connectivity index (χ4v) is 2.11. The highest BCUT2D eigenvalue weighted by molar-refractivity contribution is 5.47. The predicted octanol–water partition coefficient (Wildman–Crippen LogP) is 4.55. The Bertz CT molecular complexity index is 667. The molecular weight excluding hydrogens is 263 g/mol. The molecule has 2 aromatic carbocycles. The van der Waals surface area contributed by atoms with Crippen LogP contribution in [0.3, 0.4) is 0 Å². The van der Waals surface area contributed by atoms with Crippen molar-refractivity contribution in [2.45, 2.75) is 32.7 Å². The van der Waals surface area contributed by atoms with Gasteiger partial charge >= 0.3 is 0 Å². The Kier molecular flexibility index (Phi) is 4.28. The SMILES string of the molecule is Cc1ccc(F)c(CNc2ccc(C(C)(C)C#N)cc2)c1. The molecule has 0 atom stereocenters. The minimum atomic E-state index is -0.499. The number of halogens is 1. The van der Waals surface area contributed by atoms with Crippen LogP contribution in [0.25, 0.3) is 0 Å². The molecule has 0 aliphatic heterocycles. The minimum absolute atomic E-state index is 0.199. The van der Waals surface area contributed by atoms with E-state index >= 15 is 0 Å². The number of hydrogen-bond acceptors (Lipinski definition) is 2. The Balaban J connectivity index is 2.08. The molecule has 0 heterocycles. The highest BCUT2D eigenvalue weighted by Crippen LogP contribution is 2.23. The zero-order valence-corrected chi connectivity index (χ0v) is 12.6. The van der Waals surface area contributed by atoms with Gasteiger partial charge in [-0.05, 0) is 44.5 Å². The van der Waals surface area contributed by atoms with E-state index in [-0.39, 0.29) is 5.82 Å². The lowest BCUT2D eigenvalue weighted by Gasteiger charge is -2.16. The summed E-state index contributed by atoms with van der Waals surface area (Å²) >= 11 is 0. The van der Waals surface area contributed by atoms with Crippen LogP contribution in [0, 0.1) is 24.1 Å². The van der Waals surface area contributed by atoms with Crippen molar-refractivity contribution in [3.63, 3.8) is 0 Å². The summed E-state index contributed by atoms with van der Waals surface area (Å²) in [6, 6.07) is 15.1. The van der Waals surface area contributed by atoms with E-state index < -0.39 is 5.41 Å². The third kappa shape index (κ3) is 3.61. The maximum Gasteiger partial charge on any atom is 0.128 e. The zero-order valence-electron chi connectivity index (χ0n) is 12.6. The molecule has 0 bridgehead atoms. The Morgan fingerprint density at radius 3 is 2.43 bits per heavy atom. The molecule has 108 valence electrons. The van der Waals surface area contributed by atoms with Crippen LogP contribution < -0.4 is 5.32 Å². The number of nitrogens with one attached hydrogen (secondary N) is 1. The maximum absolute atomic E-state index is 13.7. The van der Waals surface area contributed by atoms with Crippen LogP contribution in [0.5, 0.6) is 0 Å². The lowest BCUT2D eigenvalue weighted by molar-refractivity contribution is 0.612. The van der Waals surface area contributed by atoms with Gasteiger partial charge in [0.2, 0.25) is 0 Å². The van der Waals surface area contributed by atoms with Crippen molar-refractivity contribution >= 4 is 5.69 Å². The molecule has 0 saturated heterocycles. The topological polar surface area (TPSA) is 35.8 Å². The maximum atomic E-state index is 13.7. The average molecular weight is 282 g/mol. The van der Waals surface area contributed by atoms with E-state index in [1.807, 2.05) is 51.1 Å². The van der Waals surface area contributed by atoms with Crippen molar-refractivity contribution in [1.82, 2.24) is 0 Å². The second-order valence-corrected chi connectivity index (χ2v) is 5.76. The second kappa shape index (κ2) is 5.97. The lowest BCUT2D eigenvalue weighted by atomic mass is 9.86. The van der Waals surface area contributed by atoms with Crippen LogP contribution in [-0.2, 0) is 12.0 Å². The first kappa shape index (κ1) is 15.1. The summed E-state index contributed by atoms with van der Waals surface area (Å²) in [6.45, 7) is 6.16. The molecule has 2 aromatic rings. The van der Waals surface area contributed by atoms with Crippen molar-refractivity contribution < 1.29 is 4.39 Å². The van der Waals surface area contributed by atoms with E-state index in [0.717, 1.165) is 16.8 Å². The van der Waals surface area contributed by atoms with Gasteiger partial charge in [0.1, 0.15) is 5.82 Å². The molecule has 0 spiro atoms. The quantitative estimate of drug-likeness (QED) is 0.893. The van der Waals surface area contributed by atoms with E-state index in [2.05, 4.69) is 11.4 Å². The molecule has 21 heavy (non-hydrogen) atoms. The van der Waals surface area contributed by atoms with Gasteiger partial charge in [-0.15, -0.1) is 0 Å². The Hall–Kier alpha value is -2.34. The number of nitrogens with zero attached hydrogens (tertiary/aromatic N) is 1. The standard InChI is InChI=1S/C18H19FN2/c1-13-4-9-17(19)14(10-13)11-21-16-7-5-15(6-8-16)18(2,3)12-20/h4-10,21H,11H2,1-3H3. The first-order valence-electron chi connectivity index (χ1n) is 6.93. The van der Waals surface area contributed by atoms with E-state index in [4.69, 9.17) is 5.26 Å². The van der Waals surface area contributed by atoms with Gasteiger partial charge < -0.3 is 5.32 Å². The number of hydrogen-bond donors (Lipinski definition) is 1. The lowest BCUT2D eigenvalue weighted by Crippen LogP contribution is -2.13. The van der Waals surface area contributed by atoms with Crippen molar-refractivity contribution in [1.29, 1.82) is 5.26 Å². The molecule has 0 unspecified atom stereocenters. The molecule has 0 amide bonds. The summed E-state index contributed by atoms with van der Waals surface area (Å²) in [7, 11) is 0. The van der Waals surface area contributed by atoms with Crippen LogP contribution in [0.2, 0.25) is 0 Å². The van der Waals surface area contributed by atoms with Gasteiger partial charge in [-0.2, -0.15) is 5.26 Å². The molecule has 0 aromatic heterocycles. The Labute approximate surface area is 125 Å². The number of nitriles is 1. The van der Waals surface area contributed by atoms with Crippen molar-refractivity contribution in [2.75, 3.05) is 5.32 Å². The normalized spacial score (nSPS) is 11.0. The van der Waals surface area contributed by atoms with Crippen LogP contribution in [0.4, 0.5) is 10.1 Å². The molecule has 1 N–H and O–H groups in total. The summed E-state index contributed by atoms with van der Waals surface area (Å²) in [5.74, 6) is -0.199. The molecule has 0 aliphatic rings. The van der Waals surface area contributed by atoms with Gasteiger partial charge in [0.25, 0.3) is 0 Å². The van der Waals surface area contributed by atoms with E-state index in [0.29, 0.717) is 12.1 Å². The molecule has 3 heteroatoms. The summed E-state index contributed by atoms with van der Waals surface area (Å²) < 4.78 is 13.7. The number of benzene rings is 2. The van der Waals surface area contributed by atoms with Gasteiger partial charge in [0, 0.05) is 17.8 Å². The van der Waals surface area contributed by atoms with Gasteiger partial charge in [0.15, 0.2) is 0 Å². The molecule has 0 radical (unpaired) electrons. The van der Waals surface area contributed by atoms with Crippen LogP contribution in [0.15, 0.2) is 42.5 Å². The molecular formula is C18H19FN2. The number of anilines is 1. The summed E-state index contributed by atoms with van der Waals surface area (Å²) in [4.78, 5) is 0. The smallest absolute Gasteiger partial charge is 0.128 e. The second-order valence-electron chi connectivity index (χ2n) is 5.76. The van der Waals surface area contributed by atoms with Crippen molar-refractivity contribution in [3.05, 3.63) is 65.0 Å². The van der Waals surface area contributed by atoms with Gasteiger partial charge in [-0.25, -0.2) is 4.39 Å².